The average Bonchev–Trinajstić information content (AvgIpc) is 1.61. The van der Waals surface area contributed by atoms with Crippen LogP contribution in [0.1, 0.15) is 0 Å². The second-order valence-corrected chi connectivity index (χ2v) is 8.28. The molecule has 0 N–H and O–H groups in total. The van der Waals surface area contributed by atoms with Crippen LogP contribution in [-0.4, -0.2) is 28.3 Å². The van der Waals surface area contributed by atoms with Crippen molar-refractivity contribution < 1.29 is 0 Å². The first-order valence-corrected chi connectivity index (χ1v) is 8.19. The molecular formula is C6H16PSi. The molecule has 0 aliphatic heterocycles. The Hall–Kier alpha value is 0.647. The molecule has 0 aliphatic carbocycles. The van der Waals surface area contributed by atoms with Crippen molar-refractivity contribution in [2.75, 3.05) is 19.5 Å². The third kappa shape index (κ3) is 6.65. The summed E-state index contributed by atoms with van der Waals surface area (Å²) in [6, 6.07) is 1.52. The summed E-state index contributed by atoms with van der Waals surface area (Å²) in [5.41, 5.74) is 0. The second kappa shape index (κ2) is 4.52. The smallest absolute Gasteiger partial charge is 0.0416 e. The molecule has 0 spiro atoms. The summed E-state index contributed by atoms with van der Waals surface area (Å²) in [6.45, 7) is 9.51. The molecule has 1 radical (unpaired) electrons. The topological polar surface area (TPSA) is 0 Å². The molecule has 0 amide bonds. The molecule has 0 aromatic carbocycles. The Morgan fingerprint density at radius 1 is 1.25 bits per heavy atom. The highest BCUT2D eigenvalue weighted by molar-refractivity contribution is 7.56. The van der Waals surface area contributed by atoms with Gasteiger partial charge in [-0.2, -0.15) is 0 Å². The van der Waals surface area contributed by atoms with Crippen LogP contribution in [0.25, 0.3) is 0 Å². The second-order valence-electron chi connectivity index (χ2n) is 2.76. The fourth-order valence-electron chi connectivity index (χ4n) is 0.447. The van der Waals surface area contributed by atoms with E-state index in [-0.39, 0.29) is 8.80 Å². The fraction of sp³-hybridized carbons (Fsp3) is 1.00. The van der Waals surface area contributed by atoms with Crippen LogP contribution in [0.3, 0.4) is 0 Å². The number of hydrogen-bond donors (Lipinski definition) is 0. The molecule has 0 bridgehead atoms. The summed E-state index contributed by atoms with van der Waals surface area (Å²) in [4.78, 5) is 0. The van der Waals surface area contributed by atoms with E-state index >= 15 is 0 Å². The Morgan fingerprint density at radius 3 is 1.88 bits per heavy atom. The van der Waals surface area contributed by atoms with Crippen molar-refractivity contribution in [2.45, 2.75) is 19.1 Å². The summed E-state index contributed by atoms with van der Waals surface area (Å²) in [5, 5.41) is 0. The average molecular weight is 147 g/mol. The maximum atomic E-state index is 2.39. The summed E-state index contributed by atoms with van der Waals surface area (Å²) in [7, 11) is 0.479. The summed E-state index contributed by atoms with van der Waals surface area (Å²) < 4.78 is 0. The lowest BCUT2D eigenvalue weighted by Gasteiger charge is -2.05. The number of rotatable bonds is 3. The van der Waals surface area contributed by atoms with Gasteiger partial charge in [-0.15, -0.1) is 7.92 Å². The summed E-state index contributed by atoms with van der Waals surface area (Å²) in [5.74, 6) is 0. The molecule has 0 atom stereocenters. The van der Waals surface area contributed by atoms with Crippen molar-refractivity contribution in [3.8, 4) is 0 Å². The lowest BCUT2D eigenvalue weighted by molar-refractivity contribution is 1.42. The van der Waals surface area contributed by atoms with Gasteiger partial charge in [0.15, 0.2) is 0 Å². The molecule has 49 valence electrons. The van der Waals surface area contributed by atoms with Crippen LogP contribution in [0.15, 0.2) is 0 Å². The maximum Gasteiger partial charge on any atom is 0.0416 e. The number of hydrogen-bond acceptors (Lipinski definition) is 0. The van der Waals surface area contributed by atoms with Crippen LogP contribution in [0.2, 0.25) is 19.1 Å². The third-order valence-corrected chi connectivity index (χ3v) is 3.85. The van der Waals surface area contributed by atoms with Gasteiger partial charge < -0.3 is 0 Å². The zero-order valence-electron chi connectivity index (χ0n) is 6.36. The van der Waals surface area contributed by atoms with Crippen LogP contribution in [0, 0.1) is 0 Å². The van der Waals surface area contributed by atoms with Crippen LogP contribution >= 0.6 is 7.92 Å². The normalized spacial score (nSPS) is 11.2. The van der Waals surface area contributed by atoms with Gasteiger partial charge in [-0.05, 0) is 19.5 Å². The lowest BCUT2D eigenvalue weighted by Crippen LogP contribution is -2.00. The van der Waals surface area contributed by atoms with E-state index in [9.17, 15) is 0 Å². The largest absolute Gasteiger partial charge is 0.113 e. The standard InChI is InChI=1S/C6H16PSi/c1-7(2)5-6-8(3)4/h5-6H2,1-4H3. The molecule has 2 heteroatoms. The predicted molar refractivity (Wildman–Crippen MR) is 45.9 cm³/mol. The minimum Gasteiger partial charge on any atom is -0.113 e. The van der Waals surface area contributed by atoms with Crippen molar-refractivity contribution in [2.24, 2.45) is 0 Å². The summed E-state index contributed by atoms with van der Waals surface area (Å²) >= 11 is 0. The molecule has 0 aromatic heterocycles. The maximum absolute atomic E-state index is 2.39. The van der Waals surface area contributed by atoms with Crippen molar-refractivity contribution >= 4 is 16.7 Å². The van der Waals surface area contributed by atoms with Gasteiger partial charge in [0.05, 0.1) is 0 Å². The van der Waals surface area contributed by atoms with E-state index in [1.165, 1.54) is 12.2 Å². The van der Waals surface area contributed by atoms with Crippen molar-refractivity contribution in [3.05, 3.63) is 0 Å². The van der Waals surface area contributed by atoms with Crippen molar-refractivity contribution in [1.82, 2.24) is 0 Å². The van der Waals surface area contributed by atoms with Gasteiger partial charge in [-0.1, -0.05) is 19.1 Å². The molecule has 0 fully saturated rings. The SMILES string of the molecule is C[Si](C)CCP(C)C. The van der Waals surface area contributed by atoms with Crippen LogP contribution in [0.4, 0.5) is 0 Å². The van der Waals surface area contributed by atoms with Gasteiger partial charge in [0.25, 0.3) is 0 Å². The Bertz CT molecular complexity index is 44.5. The molecule has 0 nitrogen and oxygen atoms in total. The Balaban J connectivity index is 2.93. The van der Waals surface area contributed by atoms with E-state index in [1.54, 1.807) is 0 Å². The molecule has 0 saturated heterocycles. The van der Waals surface area contributed by atoms with E-state index in [1.807, 2.05) is 0 Å². The molecule has 0 aliphatic rings. The Kier molecular flexibility index (Phi) is 4.88. The van der Waals surface area contributed by atoms with Gasteiger partial charge in [-0.25, -0.2) is 0 Å². The molecule has 8 heavy (non-hydrogen) atoms. The van der Waals surface area contributed by atoms with Crippen molar-refractivity contribution in [3.63, 3.8) is 0 Å². The van der Waals surface area contributed by atoms with E-state index in [4.69, 9.17) is 0 Å². The molecule has 0 saturated carbocycles. The van der Waals surface area contributed by atoms with Gasteiger partial charge in [0.2, 0.25) is 0 Å². The molecule has 0 aromatic rings. The van der Waals surface area contributed by atoms with Gasteiger partial charge >= 0.3 is 0 Å². The minimum absolute atomic E-state index is 0.0864. The Labute approximate surface area is 56.0 Å². The molecular weight excluding hydrogens is 131 g/mol. The van der Waals surface area contributed by atoms with E-state index in [0.29, 0.717) is 7.92 Å². The van der Waals surface area contributed by atoms with Gasteiger partial charge in [0.1, 0.15) is 0 Å². The lowest BCUT2D eigenvalue weighted by atomic mass is 11.0. The van der Waals surface area contributed by atoms with Gasteiger partial charge in [0, 0.05) is 8.80 Å². The molecule has 0 rings (SSSR count). The first kappa shape index (κ1) is 8.65. The monoisotopic (exact) mass is 147 g/mol. The third-order valence-electron chi connectivity index (χ3n) is 1.06. The van der Waals surface area contributed by atoms with Crippen LogP contribution in [0.5, 0.6) is 0 Å². The highest BCUT2D eigenvalue weighted by atomic mass is 31.1. The highest BCUT2D eigenvalue weighted by Crippen LogP contribution is 2.25. The fourth-order valence-corrected chi connectivity index (χ4v) is 4.02. The van der Waals surface area contributed by atoms with Gasteiger partial charge in [-0.3, -0.25) is 0 Å². The molecule has 0 unspecified atom stereocenters. The molecule has 0 heterocycles. The van der Waals surface area contributed by atoms with E-state index in [2.05, 4.69) is 26.4 Å². The summed E-state index contributed by atoms with van der Waals surface area (Å²) in [6.07, 6.45) is 1.50. The van der Waals surface area contributed by atoms with E-state index < -0.39 is 0 Å². The highest BCUT2D eigenvalue weighted by Gasteiger charge is 1.96. The minimum atomic E-state index is 0.0864. The predicted octanol–water partition coefficient (Wildman–Crippen LogP) is 2.48. The van der Waals surface area contributed by atoms with Crippen molar-refractivity contribution in [1.29, 1.82) is 0 Å². The van der Waals surface area contributed by atoms with Crippen LogP contribution in [-0.2, 0) is 0 Å². The zero-order chi connectivity index (χ0) is 6.57. The van der Waals surface area contributed by atoms with Crippen LogP contribution < -0.4 is 0 Å². The first-order valence-electron chi connectivity index (χ1n) is 3.06. The Morgan fingerprint density at radius 2 is 1.75 bits per heavy atom. The quantitative estimate of drug-likeness (QED) is 0.425. The zero-order valence-corrected chi connectivity index (χ0v) is 8.26. The van der Waals surface area contributed by atoms with E-state index in [0.717, 1.165) is 0 Å². The first-order chi connectivity index (χ1) is 3.63.